The van der Waals surface area contributed by atoms with Crippen molar-refractivity contribution in [2.45, 2.75) is 25.0 Å². The van der Waals surface area contributed by atoms with Gasteiger partial charge in [0.05, 0.1) is 6.07 Å². The number of azo groups is 1. The van der Waals surface area contributed by atoms with Crippen LogP contribution in [0.1, 0.15) is 22.3 Å². The highest BCUT2D eigenvalue weighted by molar-refractivity contribution is 5.59. The topological polar surface area (TPSA) is 54.4 Å². The summed E-state index contributed by atoms with van der Waals surface area (Å²) in [7, 11) is 0. The van der Waals surface area contributed by atoms with Crippen molar-refractivity contribution in [1.29, 1.82) is 5.26 Å². The van der Waals surface area contributed by atoms with Gasteiger partial charge in [-0.15, -0.1) is 0 Å². The summed E-state index contributed by atoms with van der Waals surface area (Å²) in [5.74, 6) is -0.376. The number of para-hydroxylation sites is 2. The van der Waals surface area contributed by atoms with Crippen molar-refractivity contribution < 1.29 is 4.81 Å². The van der Waals surface area contributed by atoms with Crippen LogP contribution in [0.25, 0.3) is 0 Å². The third kappa shape index (κ3) is 3.08. The molecule has 2 aliphatic heterocycles. The fourth-order valence-electron chi connectivity index (χ4n) is 5.77. The Labute approximate surface area is 211 Å². The van der Waals surface area contributed by atoms with Crippen molar-refractivity contribution in [3.8, 4) is 6.07 Å². The first kappa shape index (κ1) is 22.1. The van der Waals surface area contributed by atoms with Crippen molar-refractivity contribution in [2.24, 2.45) is 11.0 Å². The quantitative estimate of drug-likeness (QED) is 0.355. The van der Waals surface area contributed by atoms with Crippen LogP contribution >= 0.6 is 0 Å². The van der Waals surface area contributed by atoms with Crippen LogP contribution in [-0.2, 0) is 11.2 Å². The summed E-state index contributed by atoms with van der Waals surface area (Å²) >= 11 is 0. The number of fused-ring (bicyclic) bond motifs is 1. The van der Waals surface area contributed by atoms with E-state index in [0.29, 0.717) is 6.54 Å². The second-order valence-electron chi connectivity index (χ2n) is 9.70. The van der Waals surface area contributed by atoms with Crippen molar-refractivity contribution >= 4 is 11.4 Å². The predicted molar refractivity (Wildman–Crippen MR) is 141 cm³/mol. The van der Waals surface area contributed by atoms with Gasteiger partial charge in [-0.2, -0.15) is 10.7 Å². The molecule has 0 radical (unpaired) electrons. The summed E-state index contributed by atoms with van der Waals surface area (Å²) in [4.78, 5) is 4.18. The largest absolute Gasteiger partial charge is 0.335 e. The van der Waals surface area contributed by atoms with E-state index in [2.05, 4.69) is 90.9 Å². The number of benzene rings is 4. The number of anilines is 1. The predicted octanol–water partition coefficient (Wildman–Crippen LogP) is 6.33. The molecule has 6 rings (SSSR count). The molecule has 0 bridgehead atoms. The third-order valence-electron chi connectivity index (χ3n) is 7.54. The molecule has 4 aromatic rings. The zero-order valence-electron chi connectivity index (χ0n) is 20.5. The lowest BCUT2D eigenvalue weighted by Crippen LogP contribution is -2.57. The van der Waals surface area contributed by atoms with E-state index in [1.807, 2.05) is 53.3 Å². The molecule has 5 heteroatoms. The lowest BCUT2D eigenvalue weighted by atomic mass is 9.70. The van der Waals surface area contributed by atoms with E-state index in [9.17, 15) is 5.26 Å². The molecule has 2 heterocycles. The summed E-state index contributed by atoms with van der Waals surface area (Å²) in [5.41, 5.74) is 8.46. The highest BCUT2D eigenvalue weighted by Crippen LogP contribution is 2.59. The molecule has 5 nitrogen and oxygen atoms in total. The number of aryl methyl sites for hydroxylation is 2. The molecule has 0 unspecified atom stereocenters. The van der Waals surface area contributed by atoms with Crippen LogP contribution in [0.4, 0.5) is 11.4 Å². The number of nitrogens with one attached hydrogen (secondary N) is 1. The van der Waals surface area contributed by atoms with Gasteiger partial charge in [-0.25, -0.2) is 0 Å². The minimum Gasteiger partial charge on any atom is -0.335 e. The van der Waals surface area contributed by atoms with Crippen LogP contribution in [0.5, 0.6) is 0 Å². The molecule has 2 aliphatic rings. The van der Waals surface area contributed by atoms with Gasteiger partial charge in [0.1, 0.15) is 5.92 Å². The molecule has 1 N–H and O–H groups in total. The van der Waals surface area contributed by atoms with E-state index in [4.69, 9.17) is 5.11 Å². The number of hydrazine groups is 1. The van der Waals surface area contributed by atoms with Crippen LogP contribution in [0.2, 0.25) is 0 Å². The van der Waals surface area contributed by atoms with E-state index < -0.39 is 11.2 Å². The zero-order chi connectivity index (χ0) is 24.8. The molecule has 0 aliphatic carbocycles. The fraction of sp³-hybridized carbons (Fsp3) is 0.194. The standard InChI is InChI=1S/C31H28N5/c1-23-13-17-25(18-14-23)30-27(21-32)22-35(28-9-5-3-6-10-28)31(30,26-19-15-24(2)16-20-26)34-36(33-30)29-11-7-4-8-12-29/h3-20,27H,22H2,1-2H3,(H,33,34)/q+1/t27-,30+,31-/m1/s1. The molecule has 176 valence electrons. The van der Waals surface area contributed by atoms with Crippen LogP contribution in [0.3, 0.4) is 0 Å². The summed E-state index contributed by atoms with van der Waals surface area (Å²) in [6.45, 7) is 4.72. The number of rotatable bonds is 4. The molecule has 0 amide bonds. The molecule has 3 atom stereocenters. The van der Waals surface area contributed by atoms with Crippen LogP contribution in [-0.4, -0.2) is 11.4 Å². The van der Waals surface area contributed by atoms with Crippen LogP contribution in [0, 0.1) is 31.1 Å². The number of hydrogen-bond acceptors (Lipinski definition) is 4. The molecule has 0 spiro atoms. The average Bonchev–Trinajstić information content (AvgIpc) is 3.41. The average molecular weight is 471 g/mol. The molecular formula is C31H28N5+. The Kier molecular flexibility index (Phi) is 5.12. The van der Waals surface area contributed by atoms with E-state index in [-0.39, 0.29) is 5.92 Å². The SMILES string of the molecule is Cc1ccc([C@]23N=[N+](c4ccccc4)N[C@@]2(c2ccc(C)cc2)[C@H](C#N)CN3c2ccccc2)cc1. The monoisotopic (exact) mass is 470 g/mol. The number of nitriles is 1. The first-order valence-corrected chi connectivity index (χ1v) is 12.3. The first-order valence-electron chi connectivity index (χ1n) is 12.3. The second-order valence-corrected chi connectivity index (χ2v) is 9.70. The van der Waals surface area contributed by atoms with E-state index >= 15 is 0 Å². The Morgan fingerprint density at radius 1 is 0.806 bits per heavy atom. The Morgan fingerprint density at radius 3 is 1.94 bits per heavy atom. The molecule has 0 aromatic heterocycles. The minimum absolute atomic E-state index is 0.376. The maximum atomic E-state index is 10.6. The summed E-state index contributed by atoms with van der Waals surface area (Å²) in [6.07, 6.45) is 0. The maximum Gasteiger partial charge on any atom is 0.265 e. The van der Waals surface area contributed by atoms with Crippen LogP contribution in [0.15, 0.2) is 114 Å². The highest BCUT2D eigenvalue weighted by atomic mass is 15.7. The Balaban J connectivity index is 1.71. The normalized spacial score (nSPS) is 24.5. The molecule has 36 heavy (non-hydrogen) atoms. The number of hydrogen-bond donors (Lipinski definition) is 1. The first-order chi connectivity index (χ1) is 17.6. The molecular weight excluding hydrogens is 442 g/mol. The lowest BCUT2D eigenvalue weighted by molar-refractivity contribution is -0.570. The van der Waals surface area contributed by atoms with Gasteiger partial charge in [0.15, 0.2) is 5.54 Å². The van der Waals surface area contributed by atoms with Gasteiger partial charge in [0.25, 0.3) is 11.4 Å². The zero-order valence-corrected chi connectivity index (χ0v) is 20.5. The molecule has 1 fully saturated rings. The third-order valence-corrected chi connectivity index (χ3v) is 7.54. The smallest absolute Gasteiger partial charge is 0.265 e. The highest BCUT2D eigenvalue weighted by Gasteiger charge is 2.75. The van der Waals surface area contributed by atoms with Crippen molar-refractivity contribution in [2.75, 3.05) is 11.4 Å². The van der Waals surface area contributed by atoms with Gasteiger partial charge < -0.3 is 4.90 Å². The van der Waals surface area contributed by atoms with Gasteiger partial charge >= 0.3 is 0 Å². The van der Waals surface area contributed by atoms with Gasteiger partial charge in [0.2, 0.25) is 0 Å². The van der Waals surface area contributed by atoms with E-state index in [1.54, 1.807) is 0 Å². The van der Waals surface area contributed by atoms with Gasteiger partial charge in [0, 0.05) is 39.8 Å². The van der Waals surface area contributed by atoms with Crippen molar-refractivity contribution in [3.05, 3.63) is 131 Å². The van der Waals surface area contributed by atoms with Gasteiger partial charge in [-0.3, -0.25) is 0 Å². The second kappa shape index (κ2) is 8.35. The van der Waals surface area contributed by atoms with E-state index in [0.717, 1.165) is 22.5 Å². The fourth-order valence-corrected chi connectivity index (χ4v) is 5.77. The lowest BCUT2D eigenvalue weighted by Gasteiger charge is -2.39. The summed E-state index contributed by atoms with van der Waals surface area (Å²) < 4.78 is 0. The maximum absolute atomic E-state index is 10.6. The Bertz CT molecular complexity index is 1460. The van der Waals surface area contributed by atoms with E-state index in [1.165, 1.54) is 11.1 Å². The molecule has 4 aromatic carbocycles. The summed E-state index contributed by atoms with van der Waals surface area (Å²) in [5, 5.41) is 16.1. The Hall–Kier alpha value is -4.43. The van der Waals surface area contributed by atoms with Crippen molar-refractivity contribution in [1.82, 2.24) is 5.43 Å². The number of nitrogens with zero attached hydrogens (tertiary/aromatic N) is 4. The minimum atomic E-state index is -0.895. The van der Waals surface area contributed by atoms with Crippen LogP contribution < -0.4 is 10.3 Å². The van der Waals surface area contributed by atoms with Crippen molar-refractivity contribution in [3.63, 3.8) is 0 Å². The van der Waals surface area contributed by atoms with Gasteiger partial charge in [-0.1, -0.05) is 96.1 Å². The molecule has 0 saturated carbocycles. The Morgan fingerprint density at radius 2 is 1.36 bits per heavy atom. The molecule has 1 saturated heterocycles. The summed E-state index contributed by atoms with van der Waals surface area (Å²) in [6, 6.07) is 40.2. The van der Waals surface area contributed by atoms with Gasteiger partial charge in [-0.05, 0) is 31.5 Å².